The number of aliphatic hydroxyl groups is 1. The van der Waals surface area contributed by atoms with Gasteiger partial charge in [-0.3, -0.25) is 0 Å². The van der Waals surface area contributed by atoms with E-state index in [0.29, 0.717) is 0 Å². The molecule has 1 aromatic carbocycles. The Hall–Kier alpha value is -0.860. The van der Waals surface area contributed by atoms with E-state index in [4.69, 9.17) is 0 Å². The van der Waals surface area contributed by atoms with Gasteiger partial charge in [0, 0.05) is 6.04 Å². The Morgan fingerprint density at radius 2 is 2.06 bits per heavy atom. The van der Waals surface area contributed by atoms with Crippen molar-refractivity contribution in [3.63, 3.8) is 0 Å². The average molecular weight is 233 g/mol. The lowest BCUT2D eigenvalue weighted by Crippen LogP contribution is -2.32. The zero-order valence-electron chi connectivity index (χ0n) is 10.9. The summed E-state index contributed by atoms with van der Waals surface area (Å²) >= 11 is 0. The second-order valence-electron chi connectivity index (χ2n) is 5.07. The number of nitrogens with one attached hydrogen (secondary N) is 1. The first-order valence-corrected chi connectivity index (χ1v) is 6.75. The maximum Gasteiger partial charge on any atom is 0.0940 e. The number of fused-ring (bicyclic) bond motifs is 1. The van der Waals surface area contributed by atoms with Crippen LogP contribution in [0.25, 0.3) is 0 Å². The Labute approximate surface area is 104 Å². The van der Waals surface area contributed by atoms with E-state index in [0.717, 1.165) is 18.5 Å². The topological polar surface area (TPSA) is 32.3 Å². The van der Waals surface area contributed by atoms with Gasteiger partial charge in [0.25, 0.3) is 0 Å². The third-order valence-electron chi connectivity index (χ3n) is 3.65. The molecule has 1 aliphatic rings. The highest BCUT2D eigenvalue weighted by Gasteiger charge is 2.18. The smallest absolute Gasteiger partial charge is 0.0940 e. The van der Waals surface area contributed by atoms with E-state index in [1.54, 1.807) is 0 Å². The summed E-state index contributed by atoms with van der Waals surface area (Å²) in [5.74, 6) is 0. The van der Waals surface area contributed by atoms with Crippen molar-refractivity contribution >= 4 is 0 Å². The van der Waals surface area contributed by atoms with Crippen molar-refractivity contribution < 1.29 is 5.11 Å². The van der Waals surface area contributed by atoms with Crippen LogP contribution in [0.2, 0.25) is 0 Å². The first-order chi connectivity index (χ1) is 8.22. The molecule has 17 heavy (non-hydrogen) atoms. The molecule has 0 aromatic heterocycles. The normalized spacial score (nSPS) is 17.8. The fourth-order valence-corrected chi connectivity index (χ4v) is 2.55. The van der Waals surface area contributed by atoms with Crippen LogP contribution in [0.1, 0.15) is 49.5 Å². The average Bonchev–Trinajstić information content (AvgIpc) is 2.81. The van der Waals surface area contributed by atoms with Gasteiger partial charge < -0.3 is 10.4 Å². The van der Waals surface area contributed by atoms with Gasteiger partial charge in [-0.2, -0.15) is 0 Å². The SMILES string of the molecule is CCCNC(C)C(O)c1ccc2c(c1)CCC2. The Bertz CT molecular complexity index is 375. The Morgan fingerprint density at radius 3 is 2.82 bits per heavy atom. The summed E-state index contributed by atoms with van der Waals surface area (Å²) in [5, 5.41) is 13.6. The van der Waals surface area contributed by atoms with Crippen molar-refractivity contribution in [2.75, 3.05) is 6.54 Å². The second kappa shape index (κ2) is 5.65. The molecule has 0 saturated carbocycles. The molecule has 2 N–H and O–H groups in total. The predicted octanol–water partition coefficient (Wildman–Crippen LogP) is 2.60. The highest BCUT2D eigenvalue weighted by Crippen LogP contribution is 2.26. The second-order valence-corrected chi connectivity index (χ2v) is 5.07. The number of benzene rings is 1. The highest BCUT2D eigenvalue weighted by molar-refractivity contribution is 5.36. The molecule has 2 rings (SSSR count). The monoisotopic (exact) mass is 233 g/mol. The molecule has 2 nitrogen and oxygen atoms in total. The van der Waals surface area contributed by atoms with E-state index in [1.165, 1.54) is 30.4 Å². The number of hydrogen-bond donors (Lipinski definition) is 2. The molecular weight excluding hydrogens is 210 g/mol. The molecule has 0 radical (unpaired) electrons. The molecule has 2 heteroatoms. The molecular formula is C15H23NO. The third-order valence-corrected chi connectivity index (χ3v) is 3.65. The molecule has 2 unspecified atom stereocenters. The standard InChI is InChI=1S/C15H23NO/c1-3-9-16-11(2)15(17)14-8-7-12-5-4-6-13(12)10-14/h7-8,10-11,15-17H,3-6,9H2,1-2H3. The van der Waals surface area contributed by atoms with Crippen molar-refractivity contribution in [1.82, 2.24) is 5.32 Å². The largest absolute Gasteiger partial charge is 0.387 e. The van der Waals surface area contributed by atoms with Crippen molar-refractivity contribution in [1.29, 1.82) is 0 Å². The summed E-state index contributed by atoms with van der Waals surface area (Å²) in [4.78, 5) is 0. The molecule has 0 aliphatic heterocycles. The van der Waals surface area contributed by atoms with Gasteiger partial charge in [0.15, 0.2) is 0 Å². The third kappa shape index (κ3) is 2.88. The minimum Gasteiger partial charge on any atom is -0.387 e. The maximum atomic E-state index is 10.3. The van der Waals surface area contributed by atoms with Crippen molar-refractivity contribution in [3.05, 3.63) is 34.9 Å². The van der Waals surface area contributed by atoms with Gasteiger partial charge in [0.05, 0.1) is 6.10 Å². The van der Waals surface area contributed by atoms with E-state index in [2.05, 4.69) is 30.4 Å². The van der Waals surface area contributed by atoms with Crippen LogP contribution in [0.5, 0.6) is 0 Å². The van der Waals surface area contributed by atoms with E-state index >= 15 is 0 Å². The molecule has 1 aliphatic carbocycles. The summed E-state index contributed by atoms with van der Waals surface area (Å²) in [7, 11) is 0. The lowest BCUT2D eigenvalue weighted by molar-refractivity contribution is 0.136. The van der Waals surface area contributed by atoms with Gasteiger partial charge in [-0.15, -0.1) is 0 Å². The van der Waals surface area contributed by atoms with Crippen molar-refractivity contribution in [3.8, 4) is 0 Å². The van der Waals surface area contributed by atoms with Gasteiger partial charge in [-0.1, -0.05) is 25.1 Å². The molecule has 0 fully saturated rings. The van der Waals surface area contributed by atoms with Gasteiger partial charge in [-0.05, 0) is 55.8 Å². The number of rotatable bonds is 5. The zero-order valence-corrected chi connectivity index (χ0v) is 10.9. The van der Waals surface area contributed by atoms with E-state index in [1.807, 2.05) is 6.92 Å². The molecule has 0 saturated heterocycles. The summed E-state index contributed by atoms with van der Waals surface area (Å²) in [6.45, 7) is 5.15. The van der Waals surface area contributed by atoms with Gasteiger partial charge >= 0.3 is 0 Å². The van der Waals surface area contributed by atoms with Crippen LogP contribution >= 0.6 is 0 Å². The van der Waals surface area contributed by atoms with Gasteiger partial charge in [-0.25, -0.2) is 0 Å². The van der Waals surface area contributed by atoms with Crippen LogP contribution in [0.3, 0.4) is 0 Å². The fraction of sp³-hybridized carbons (Fsp3) is 0.600. The van der Waals surface area contributed by atoms with Crippen molar-refractivity contribution in [2.24, 2.45) is 0 Å². The Balaban J connectivity index is 2.06. The molecule has 1 aromatic rings. The predicted molar refractivity (Wildman–Crippen MR) is 71.2 cm³/mol. The molecule has 94 valence electrons. The molecule has 0 amide bonds. The van der Waals surface area contributed by atoms with Crippen LogP contribution in [0.15, 0.2) is 18.2 Å². The van der Waals surface area contributed by atoms with Crippen molar-refractivity contribution in [2.45, 2.75) is 51.7 Å². The summed E-state index contributed by atoms with van der Waals surface area (Å²) in [6.07, 6.45) is 4.34. The minimum atomic E-state index is -0.396. The van der Waals surface area contributed by atoms with Crippen LogP contribution in [-0.2, 0) is 12.8 Å². The Morgan fingerprint density at radius 1 is 1.29 bits per heavy atom. The van der Waals surface area contributed by atoms with E-state index in [9.17, 15) is 5.11 Å². The molecule has 0 bridgehead atoms. The lowest BCUT2D eigenvalue weighted by atomic mass is 9.99. The van der Waals surface area contributed by atoms with Crippen LogP contribution in [0.4, 0.5) is 0 Å². The first kappa shape index (κ1) is 12.6. The van der Waals surface area contributed by atoms with Crippen LogP contribution < -0.4 is 5.32 Å². The van der Waals surface area contributed by atoms with Crippen LogP contribution in [0, 0.1) is 0 Å². The molecule has 0 heterocycles. The molecule has 2 atom stereocenters. The molecule has 0 spiro atoms. The number of aryl methyl sites for hydroxylation is 2. The maximum absolute atomic E-state index is 10.3. The summed E-state index contributed by atoms with van der Waals surface area (Å²) < 4.78 is 0. The summed E-state index contributed by atoms with van der Waals surface area (Å²) in [5.41, 5.74) is 3.96. The van der Waals surface area contributed by atoms with Gasteiger partial charge in [0.1, 0.15) is 0 Å². The van der Waals surface area contributed by atoms with E-state index in [-0.39, 0.29) is 6.04 Å². The number of aliphatic hydroxyl groups excluding tert-OH is 1. The lowest BCUT2D eigenvalue weighted by Gasteiger charge is -2.21. The van der Waals surface area contributed by atoms with Gasteiger partial charge in [0.2, 0.25) is 0 Å². The summed E-state index contributed by atoms with van der Waals surface area (Å²) in [6, 6.07) is 6.58. The zero-order chi connectivity index (χ0) is 12.3. The fourth-order valence-electron chi connectivity index (χ4n) is 2.55. The van der Waals surface area contributed by atoms with Crippen LogP contribution in [-0.4, -0.2) is 17.7 Å². The van der Waals surface area contributed by atoms with E-state index < -0.39 is 6.10 Å². The highest BCUT2D eigenvalue weighted by atomic mass is 16.3. The first-order valence-electron chi connectivity index (χ1n) is 6.75. The number of hydrogen-bond acceptors (Lipinski definition) is 2. The Kier molecular flexibility index (Phi) is 4.19. The quantitative estimate of drug-likeness (QED) is 0.819. The minimum absolute atomic E-state index is 0.120.